The highest BCUT2D eigenvalue weighted by Crippen LogP contribution is 2.18. The van der Waals surface area contributed by atoms with Gasteiger partial charge >= 0.3 is 10.2 Å². The molecular formula is C9H8BrFO2S. The van der Waals surface area contributed by atoms with E-state index in [-0.39, 0.29) is 0 Å². The van der Waals surface area contributed by atoms with E-state index < -0.39 is 10.2 Å². The van der Waals surface area contributed by atoms with Gasteiger partial charge in [0.05, 0.1) is 5.41 Å². The molecular weight excluding hydrogens is 271 g/mol. The molecule has 1 aromatic rings. The van der Waals surface area contributed by atoms with Crippen molar-refractivity contribution in [3.05, 3.63) is 39.2 Å². The lowest BCUT2D eigenvalue weighted by atomic mass is 10.1. The van der Waals surface area contributed by atoms with Gasteiger partial charge in [-0.05, 0) is 30.2 Å². The molecule has 0 unspecified atom stereocenters. The van der Waals surface area contributed by atoms with Gasteiger partial charge in [-0.2, -0.15) is 8.42 Å². The summed E-state index contributed by atoms with van der Waals surface area (Å²) in [6, 6.07) is 5.23. The molecule has 0 N–H and O–H groups in total. The molecule has 0 saturated heterocycles. The minimum atomic E-state index is -4.54. The maximum absolute atomic E-state index is 12.1. The fourth-order valence-corrected chi connectivity index (χ4v) is 1.50. The molecule has 0 atom stereocenters. The van der Waals surface area contributed by atoms with Crippen molar-refractivity contribution in [2.45, 2.75) is 6.92 Å². The molecule has 0 saturated carbocycles. The van der Waals surface area contributed by atoms with E-state index in [2.05, 4.69) is 15.9 Å². The highest BCUT2D eigenvalue weighted by Gasteiger charge is 1.99. The van der Waals surface area contributed by atoms with Crippen molar-refractivity contribution in [2.75, 3.05) is 0 Å². The molecule has 0 aliphatic rings. The Bertz CT molecular complexity index is 466. The zero-order chi connectivity index (χ0) is 10.8. The lowest BCUT2D eigenvalue weighted by Crippen LogP contribution is -1.82. The van der Waals surface area contributed by atoms with E-state index in [1.165, 1.54) is 6.08 Å². The third-order valence-corrected chi connectivity index (χ3v) is 2.96. The van der Waals surface area contributed by atoms with Gasteiger partial charge in [-0.25, -0.2) is 0 Å². The smallest absolute Gasteiger partial charge is 0.190 e. The molecule has 0 bridgehead atoms. The van der Waals surface area contributed by atoms with Crippen LogP contribution >= 0.6 is 15.9 Å². The SMILES string of the molecule is Cc1cc(/C=C/S(=O)(=O)F)ccc1Br. The van der Waals surface area contributed by atoms with Gasteiger partial charge in [0.25, 0.3) is 0 Å². The van der Waals surface area contributed by atoms with Gasteiger partial charge in [0.2, 0.25) is 0 Å². The van der Waals surface area contributed by atoms with Gasteiger partial charge in [-0.1, -0.05) is 28.1 Å². The van der Waals surface area contributed by atoms with Crippen LogP contribution < -0.4 is 0 Å². The van der Waals surface area contributed by atoms with Gasteiger partial charge in [0.1, 0.15) is 0 Å². The van der Waals surface area contributed by atoms with Crippen LogP contribution in [0.1, 0.15) is 11.1 Å². The Hall–Kier alpha value is -0.680. The molecule has 1 rings (SSSR count). The van der Waals surface area contributed by atoms with Crippen molar-refractivity contribution < 1.29 is 12.3 Å². The Kier molecular flexibility index (Phi) is 3.44. The summed E-state index contributed by atoms with van der Waals surface area (Å²) < 4.78 is 33.4. The van der Waals surface area contributed by atoms with Gasteiger partial charge in [-0.3, -0.25) is 0 Å². The highest BCUT2D eigenvalue weighted by atomic mass is 79.9. The number of benzene rings is 1. The molecule has 0 amide bonds. The average Bonchev–Trinajstić information content (AvgIpc) is 2.06. The third kappa shape index (κ3) is 3.59. The first-order valence-electron chi connectivity index (χ1n) is 3.77. The summed E-state index contributed by atoms with van der Waals surface area (Å²) in [5.41, 5.74) is 1.61. The molecule has 0 fully saturated rings. The van der Waals surface area contributed by atoms with Crippen molar-refractivity contribution in [1.82, 2.24) is 0 Å². The number of hydrogen-bond acceptors (Lipinski definition) is 2. The molecule has 76 valence electrons. The van der Waals surface area contributed by atoms with Crippen LogP contribution in [0.15, 0.2) is 28.1 Å². The summed E-state index contributed by atoms with van der Waals surface area (Å²) in [7, 11) is -4.54. The van der Waals surface area contributed by atoms with Crippen LogP contribution in [0.25, 0.3) is 6.08 Å². The van der Waals surface area contributed by atoms with Crippen LogP contribution in [-0.4, -0.2) is 8.42 Å². The first-order chi connectivity index (χ1) is 6.38. The fraction of sp³-hybridized carbons (Fsp3) is 0.111. The van der Waals surface area contributed by atoms with Crippen LogP contribution in [0.2, 0.25) is 0 Å². The quantitative estimate of drug-likeness (QED) is 0.780. The van der Waals surface area contributed by atoms with E-state index in [0.717, 1.165) is 10.0 Å². The Morgan fingerprint density at radius 1 is 1.43 bits per heavy atom. The Balaban J connectivity index is 3.00. The van der Waals surface area contributed by atoms with E-state index in [1.807, 2.05) is 6.92 Å². The van der Waals surface area contributed by atoms with E-state index >= 15 is 0 Å². The first-order valence-corrected chi connectivity index (χ1v) is 6.01. The van der Waals surface area contributed by atoms with Gasteiger partial charge in [0.15, 0.2) is 0 Å². The Morgan fingerprint density at radius 3 is 2.57 bits per heavy atom. The zero-order valence-corrected chi connectivity index (χ0v) is 9.77. The maximum Gasteiger partial charge on any atom is 0.325 e. The van der Waals surface area contributed by atoms with Crippen molar-refractivity contribution >= 4 is 32.2 Å². The van der Waals surface area contributed by atoms with Crippen molar-refractivity contribution in [3.63, 3.8) is 0 Å². The zero-order valence-electron chi connectivity index (χ0n) is 7.37. The average molecular weight is 279 g/mol. The molecule has 0 aliphatic carbocycles. The standard InChI is InChI=1S/C9H8BrFO2S/c1-7-6-8(2-3-9(7)10)4-5-14(11,12)13/h2-6H,1H3/b5-4+. The topological polar surface area (TPSA) is 34.1 Å². The van der Waals surface area contributed by atoms with Crippen LogP contribution in [-0.2, 0) is 10.2 Å². The Labute approximate surface area is 90.8 Å². The number of rotatable bonds is 2. The molecule has 14 heavy (non-hydrogen) atoms. The second kappa shape index (κ2) is 4.23. The first kappa shape index (κ1) is 11.4. The Morgan fingerprint density at radius 2 is 2.07 bits per heavy atom. The number of hydrogen-bond donors (Lipinski definition) is 0. The van der Waals surface area contributed by atoms with E-state index in [9.17, 15) is 12.3 Å². The largest absolute Gasteiger partial charge is 0.325 e. The molecule has 0 radical (unpaired) electrons. The van der Waals surface area contributed by atoms with Crippen LogP contribution in [0, 0.1) is 6.92 Å². The van der Waals surface area contributed by atoms with E-state index in [4.69, 9.17) is 0 Å². The number of aryl methyl sites for hydroxylation is 1. The maximum atomic E-state index is 12.1. The van der Waals surface area contributed by atoms with Gasteiger partial charge in [-0.15, -0.1) is 3.89 Å². The van der Waals surface area contributed by atoms with Crippen LogP contribution in [0.5, 0.6) is 0 Å². The number of halogens is 2. The highest BCUT2D eigenvalue weighted by molar-refractivity contribution is 9.10. The van der Waals surface area contributed by atoms with Crippen LogP contribution in [0.3, 0.4) is 0 Å². The van der Waals surface area contributed by atoms with Crippen molar-refractivity contribution in [1.29, 1.82) is 0 Å². The summed E-state index contributed by atoms with van der Waals surface area (Å²) in [6.07, 6.45) is 1.22. The second-order valence-corrected chi connectivity index (χ2v) is 4.86. The minimum Gasteiger partial charge on any atom is -0.190 e. The molecule has 5 heteroatoms. The third-order valence-electron chi connectivity index (χ3n) is 1.61. The normalized spacial score (nSPS) is 12.2. The monoisotopic (exact) mass is 278 g/mol. The summed E-state index contributed by atoms with van der Waals surface area (Å²) in [5, 5.41) is 0.537. The molecule has 0 aliphatic heterocycles. The lowest BCUT2D eigenvalue weighted by molar-refractivity contribution is 0.563. The minimum absolute atomic E-state index is 0.537. The molecule has 0 aromatic heterocycles. The molecule has 2 nitrogen and oxygen atoms in total. The van der Waals surface area contributed by atoms with E-state index in [1.54, 1.807) is 18.2 Å². The summed E-state index contributed by atoms with van der Waals surface area (Å²) in [5.74, 6) is 0. The molecule has 1 aromatic carbocycles. The summed E-state index contributed by atoms with van der Waals surface area (Å²) in [4.78, 5) is 0. The fourth-order valence-electron chi connectivity index (χ4n) is 0.931. The predicted octanol–water partition coefficient (Wildman–Crippen LogP) is 3.03. The molecule has 0 spiro atoms. The van der Waals surface area contributed by atoms with Crippen molar-refractivity contribution in [3.8, 4) is 0 Å². The lowest BCUT2D eigenvalue weighted by Gasteiger charge is -1.98. The second-order valence-electron chi connectivity index (χ2n) is 2.79. The summed E-state index contributed by atoms with van der Waals surface area (Å²) >= 11 is 3.30. The molecule has 0 heterocycles. The van der Waals surface area contributed by atoms with Crippen molar-refractivity contribution in [2.24, 2.45) is 0 Å². The van der Waals surface area contributed by atoms with E-state index in [0.29, 0.717) is 11.0 Å². The summed E-state index contributed by atoms with van der Waals surface area (Å²) in [6.45, 7) is 1.87. The van der Waals surface area contributed by atoms with Gasteiger partial charge in [0, 0.05) is 4.47 Å². The van der Waals surface area contributed by atoms with Crippen LogP contribution in [0.4, 0.5) is 3.89 Å². The van der Waals surface area contributed by atoms with Gasteiger partial charge < -0.3 is 0 Å². The predicted molar refractivity (Wildman–Crippen MR) is 57.9 cm³/mol.